The number of imidazole rings is 1. The molecule has 12 heteroatoms. The van der Waals surface area contributed by atoms with E-state index in [1.54, 1.807) is 65.6 Å². The molecule has 0 saturated heterocycles. The second-order valence-corrected chi connectivity index (χ2v) is 11.4. The maximum atomic E-state index is 13.1. The highest BCUT2D eigenvalue weighted by molar-refractivity contribution is 9.08. The average Bonchev–Trinajstić information content (AvgIpc) is 3.15. The highest BCUT2D eigenvalue weighted by Crippen LogP contribution is 2.36. The van der Waals surface area contributed by atoms with Gasteiger partial charge >= 0.3 is 18.5 Å². The molecule has 8 nitrogen and oxygen atoms in total. The molecule has 0 spiro atoms. The Morgan fingerprint density at radius 1 is 0.974 bits per heavy atom. The molecule has 3 aromatic rings. The van der Waals surface area contributed by atoms with Gasteiger partial charge in [-0.3, -0.25) is 0 Å². The molecule has 2 aromatic carbocycles. The van der Waals surface area contributed by atoms with Gasteiger partial charge in [0.15, 0.2) is 0 Å². The first-order valence-corrected chi connectivity index (χ1v) is 13.1. The van der Waals surface area contributed by atoms with Gasteiger partial charge in [0.05, 0.1) is 23.9 Å². The molecule has 0 N–H and O–H groups in total. The number of hydrogen-bond donors (Lipinski definition) is 0. The third kappa shape index (κ3) is 7.87. The standard InChI is InChI=1S/C27H31BrF3N3O5/c1-25(2,3)38-23(35)34(24(36)39-26(4,5)6)14-17-12-19(21-22(20(17)13-28)33(7)15-32-21)16-8-10-18(11-9-16)37-27(29,30)31/h8-12,15H,13-14H2,1-7H3. The molecule has 1 heterocycles. The number of rotatable bonds is 5. The first-order chi connectivity index (χ1) is 17.9. The first-order valence-electron chi connectivity index (χ1n) is 12.0. The largest absolute Gasteiger partial charge is 0.573 e. The number of carbonyl (C=O) groups is 2. The van der Waals surface area contributed by atoms with Crippen molar-refractivity contribution in [2.24, 2.45) is 7.05 Å². The molecular formula is C27H31BrF3N3O5. The van der Waals surface area contributed by atoms with Crippen LogP contribution in [0.3, 0.4) is 0 Å². The molecule has 0 bridgehead atoms. The van der Waals surface area contributed by atoms with Crippen molar-refractivity contribution >= 4 is 39.1 Å². The van der Waals surface area contributed by atoms with Crippen LogP contribution in [0, 0.1) is 0 Å². The SMILES string of the molecule is Cn1cnc2c(-c3ccc(OC(F)(F)F)cc3)cc(CN(C(=O)OC(C)(C)C)C(=O)OC(C)(C)C)c(CBr)c21. The van der Waals surface area contributed by atoms with E-state index >= 15 is 0 Å². The summed E-state index contributed by atoms with van der Waals surface area (Å²) in [5.41, 5.74) is 2.10. The Morgan fingerprint density at radius 3 is 1.97 bits per heavy atom. The number of imide groups is 1. The number of fused-ring (bicyclic) bond motifs is 1. The van der Waals surface area contributed by atoms with E-state index in [0.717, 1.165) is 16.0 Å². The van der Waals surface area contributed by atoms with E-state index in [-0.39, 0.29) is 12.3 Å². The molecule has 0 atom stereocenters. The van der Waals surface area contributed by atoms with E-state index in [2.05, 4.69) is 25.7 Å². The van der Waals surface area contributed by atoms with Gasteiger partial charge in [-0.25, -0.2) is 19.5 Å². The van der Waals surface area contributed by atoms with Crippen molar-refractivity contribution < 1.29 is 37.0 Å². The number of aromatic nitrogens is 2. The van der Waals surface area contributed by atoms with Gasteiger partial charge < -0.3 is 18.8 Å². The number of ether oxygens (including phenoxy) is 3. The van der Waals surface area contributed by atoms with E-state index < -0.39 is 29.8 Å². The predicted octanol–water partition coefficient (Wildman–Crippen LogP) is 7.71. The molecule has 0 aliphatic heterocycles. The van der Waals surface area contributed by atoms with Gasteiger partial charge in [-0.1, -0.05) is 28.1 Å². The quantitative estimate of drug-likeness (QED) is 0.274. The molecule has 212 valence electrons. The Hall–Kier alpha value is -3.28. The summed E-state index contributed by atoms with van der Waals surface area (Å²) in [5.74, 6) is -0.359. The van der Waals surface area contributed by atoms with Crippen LogP contribution in [-0.4, -0.2) is 44.2 Å². The van der Waals surface area contributed by atoms with Gasteiger partial charge in [-0.05, 0) is 76.4 Å². The Bertz CT molecular complexity index is 1330. The number of amides is 2. The van der Waals surface area contributed by atoms with Crippen LogP contribution in [0.25, 0.3) is 22.2 Å². The lowest BCUT2D eigenvalue weighted by atomic mass is 9.97. The molecule has 0 radical (unpaired) electrons. The van der Waals surface area contributed by atoms with Crippen molar-refractivity contribution in [2.45, 2.75) is 71.0 Å². The van der Waals surface area contributed by atoms with Crippen molar-refractivity contribution in [1.29, 1.82) is 0 Å². The first kappa shape index (κ1) is 30.3. The number of hydrogen-bond acceptors (Lipinski definition) is 6. The molecule has 3 rings (SSSR count). The maximum Gasteiger partial charge on any atom is 0.573 e. The minimum absolute atomic E-state index is 0.186. The topological polar surface area (TPSA) is 82.9 Å². The summed E-state index contributed by atoms with van der Waals surface area (Å²) >= 11 is 3.51. The Balaban J connectivity index is 2.14. The number of alkyl halides is 4. The minimum atomic E-state index is -4.81. The number of carbonyl (C=O) groups excluding carboxylic acids is 2. The summed E-state index contributed by atoms with van der Waals surface area (Å²) in [6.07, 6.45) is -4.95. The maximum absolute atomic E-state index is 13.1. The normalized spacial score (nSPS) is 12.4. The fourth-order valence-electron chi connectivity index (χ4n) is 3.82. The Kier molecular flexibility index (Phi) is 8.59. The molecule has 0 unspecified atom stereocenters. The van der Waals surface area contributed by atoms with Crippen LogP contribution in [-0.2, 0) is 28.4 Å². The zero-order valence-corrected chi connectivity index (χ0v) is 24.4. The van der Waals surface area contributed by atoms with Crippen LogP contribution in [0.15, 0.2) is 36.7 Å². The molecule has 39 heavy (non-hydrogen) atoms. The highest BCUT2D eigenvalue weighted by atomic mass is 79.9. The summed E-state index contributed by atoms with van der Waals surface area (Å²) in [4.78, 5) is 31.7. The van der Waals surface area contributed by atoms with E-state index in [1.165, 1.54) is 24.3 Å². The Morgan fingerprint density at radius 2 is 1.51 bits per heavy atom. The fraction of sp³-hybridized carbons (Fsp3) is 0.444. The van der Waals surface area contributed by atoms with Crippen LogP contribution in [0.5, 0.6) is 5.75 Å². The number of benzene rings is 2. The van der Waals surface area contributed by atoms with Gasteiger partial charge in [0.2, 0.25) is 0 Å². The molecular weight excluding hydrogens is 583 g/mol. The molecule has 0 saturated carbocycles. The van der Waals surface area contributed by atoms with Crippen LogP contribution < -0.4 is 4.74 Å². The molecule has 0 aliphatic carbocycles. The number of nitrogens with zero attached hydrogens (tertiary/aromatic N) is 3. The van der Waals surface area contributed by atoms with E-state index in [9.17, 15) is 22.8 Å². The molecule has 0 aliphatic rings. The van der Waals surface area contributed by atoms with Crippen LogP contribution in [0.1, 0.15) is 52.7 Å². The smallest absolute Gasteiger partial charge is 0.443 e. The molecule has 2 amide bonds. The third-order valence-electron chi connectivity index (χ3n) is 5.27. The summed E-state index contributed by atoms with van der Waals surface area (Å²) in [5, 5.41) is 0.369. The van der Waals surface area contributed by atoms with Gasteiger partial charge in [0.25, 0.3) is 0 Å². The molecule has 0 fully saturated rings. The van der Waals surface area contributed by atoms with Crippen molar-refractivity contribution in [3.05, 3.63) is 47.8 Å². The summed E-state index contributed by atoms with van der Waals surface area (Å²) in [7, 11) is 1.80. The van der Waals surface area contributed by atoms with E-state index in [4.69, 9.17) is 9.47 Å². The summed E-state index contributed by atoms with van der Waals surface area (Å²) in [6.45, 7) is 9.94. The monoisotopic (exact) mass is 613 g/mol. The van der Waals surface area contributed by atoms with Crippen molar-refractivity contribution in [3.63, 3.8) is 0 Å². The van der Waals surface area contributed by atoms with Crippen LogP contribution in [0.2, 0.25) is 0 Å². The lowest BCUT2D eigenvalue weighted by Crippen LogP contribution is -2.43. The van der Waals surface area contributed by atoms with Gasteiger partial charge in [-0.15, -0.1) is 13.2 Å². The van der Waals surface area contributed by atoms with Crippen molar-refractivity contribution in [2.75, 3.05) is 0 Å². The lowest BCUT2D eigenvalue weighted by molar-refractivity contribution is -0.274. The third-order valence-corrected chi connectivity index (χ3v) is 5.83. The minimum Gasteiger partial charge on any atom is -0.443 e. The number of aryl methyl sites for hydroxylation is 1. The zero-order chi connectivity index (χ0) is 29.3. The second kappa shape index (κ2) is 11.1. The van der Waals surface area contributed by atoms with E-state index in [1.807, 2.05) is 0 Å². The summed E-state index contributed by atoms with van der Waals surface area (Å²) < 4.78 is 54.7. The van der Waals surface area contributed by atoms with E-state index in [0.29, 0.717) is 27.5 Å². The Labute approximate surface area is 233 Å². The second-order valence-electron chi connectivity index (χ2n) is 10.9. The van der Waals surface area contributed by atoms with Crippen LogP contribution >= 0.6 is 15.9 Å². The predicted molar refractivity (Wildman–Crippen MR) is 143 cm³/mol. The highest BCUT2D eigenvalue weighted by Gasteiger charge is 2.33. The van der Waals surface area contributed by atoms with Crippen molar-refractivity contribution in [1.82, 2.24) is 14.5 Å². The van der Waals surface area contributed by atoms with Gasteiger partial charge in [-0.2, -0.15) is 0 Å². The van der Waals surface area contributed by atoms with Gasteiger partial charge in [0.1, 0.15) is 17.0 Å². The van der Waals surface area contributed by atoms with Gasteiger partial charge in [0, 0.05) is 17.9 Å². The zero-order valence-electron chi connectivity index (χ0n) is 22.8. The summed E-state index contributed by atoms with van der Waals surface area (Å²) in [6, 6.07) is 7.16. The fourth-order valence-corrected chi connectivity index (χ4v) is 4.45. The lowest BCUT2D eigenvalue weighted by Gasteiger charge is -2.29. The molecule has 1 aromatic heterocycles. The van der Waals surface area contributed by atoms with Crippen LogP contribution in [0.4, 0.5) is 22.8 Å². The average molecular weight is 614 g/mol. The number of halogens is 4. The van der Waals surface area contributed by atoms with Crippen molar-refractivity contribution in [3.8, 4) is 16.9 Å².